The van der Waals surface area contributed by atoms with Gasteiger partial charge in [-0.05, 0) is 41.5 Å². The minimum Gasteiger partial charge on any atom is -0.368 e. The first kappa shape index (κ1) is 14.7. The van der Waals surface area contributed by atoms with Crippen molar-refractivity contribution in [2.75, 3.05) is 31.5 Å². The number of anilines is 1. The van der Waals surface area contributed by atoms with Crippen LogP contribution in [0.2, 0.25) is 5.02 Å². The van der Waals surface area contributed by atoms with Crippen LogP contribution >= 0.6 is 27.5 Å². The van der Waals surface area contributed by atoms with Crippen molar-refractivity contribution in [1.82, 2.24) is 9.88 Å². The third-order valence-corrected chi connectivity index (χ3v) is 3.24. The number of nitrogens with one attached hydrogen (secondary N) is 1. The fourth-order valence-electron chi connectivity index (χ4n) is 1.62. The second-order valence-electron chi connectivity index (χ2n) is 3.85. The summed E-state index contributed by atoms with van der Waals surface area (Å²) in [4.78, 5) is 6.64. The van der Waals surface area contributed by atoms with Gasteiger partial charge in [-0.2, -0.15) is 0 Å². The molecule has 0 aliphatic heterocycles. The molecule has 0 unspecified atom stereocenters. The van der Waals surface area contributed by atoms with Crippen molar-refractivity contribution < 1.29 is 0 Å². The molecule has 0 aliphatic carbocycles. The van der Waals surface area contributed by atoms with Crippen LogP contribution in [0.3, 0.4) is 0 Å². The molecule has 0 fully saturated rings. The number of halogens is 2. The van der Waals surface area contributed by atoms with Gasteiger partial charge in [0.25, 0.3) is 0 Å². The van der Waals surface area contributed by atoms with E-state index in [9.17, 15) is 0 Å². The molecule has 0 aliphatic rings. The Balaban J connectivity index is 2.39. The first-order chi connectivity index (χ1) is 8.17. The normalized spacial score (nSPS) is 10.9. The molecular weight excluding hydrogens is 302 g/mol. The van der Waals surface area contributed by atoms with E-state index in [1.807, 2.05) is 6.07 Å². The molecule has 0 bridgehead atoms. The number of hydrogen-bond donors (Lipinski definition) is 1. The molecule has 0 aromatic carbocycles. The highest BCUT2D eigenvalue weighted by Gasteiger charge is 2.03. The summed E-state index contributed by atoms with van der Waals surface area (Å²) in [6.45, 7) is 8.47. The summed E-state index contributed by atoms with van der Waals surface area (Å²) in [6, 6.07) is 1.85. The van der Waals surface area contributed by atoms with Gasteiger partial charge in [0.05, 0.1) is 5.02 Å². The zero-order valence-electron chi connectivity index (χ0n) is 10.3. The Morgan fingerprint density at radius 3 is 2.76 bits per heavy atom. The quantitative estimate of drug-likeness (QED) is 0.831. The van der Waals surface area contributed by atoms with Crippen LogP contribution in [-0.4, -0.2) is 36.1 Å². The highest BCUT2D eigenvalue weighted by Crippen LogP contribution is 2.22. The topological polar surface area (TPSA) is 28.2 Å². The van der Waals surface area contributed by atoms with Crippen molar-refractivity contribution in [3.8, 4) is 0 Å². The largest absolute Gasteiger partial charge is 0.368 e. The van der Waals surface area contributed by atoms with Crippen molar-refractivity contribution in [2.24, 2.45) is 0 Å². The molecule has 1 rings (SSSR count). The lowest BCUT2D eigenvalue weighted by atomic mass is 10.4. The van der Waals surface area contributed by atoms with Crippen molar-refractivity contribution in [3.05, 3.63) is 21.8 Å². The predicted octanol–water partition coefficient (Wildman–Crippen LogP) is 3.64. The van der Waals surface area contributed by atoms with Crippen LogP contribution in [0.4, 0.5) is 5.82 Å². The third-order valence-electron chi connectivity index (χ3n) is 2.52. The lowest BCUT2D eigenvalue weighted by Gasteiger charge is -2.19. The van der Waals surface area contributed by atoms with E-state index in [1.165, 1.54) is 6.42 Å². The van der Waals surface area contributed by atoms with E-state index in [0.29, 0.717) is 5.02 Å². The van der Waals surface area contributed by atoms with E-state index in [2.05, 4.69) is 45.0 Å². The van der Waals surface area contributed by atoms with Gasteiger partial charge in [-0.25, -0.2) is 4.98 Å². The second-order valence-corrected chi connectivity index (χ2v) is 5.17. The first-order valence-electron chi connectivity index (χ1n) is 5.94. The summed E-state index contributed by atoms with van der Waals surface area (Å²) in [5, 5.41) is 3.91. The Kier molecular flexibility index (Phi) is 6.85. The molecular formula is C12H19BrClN3. The molecule has 5 heteroatoms. The van der Waals surface area contributed by atoms with Gasteiger partial charge in [-0.15, -0.1) is 0 Å². The monoisotopic (exact) mass is 319 g/mol. The SMILES string of the molecule is CCCN(CC)CCNc1ncc(Br)cc1Cl. The van der Waals surface area contributed by atoms with Gasteiger partial charge in [-0.3, -0.25) is 0 Å². The Morgan fingerprint density at radius 1 is 1.41 bits per heavy atom. The van der Waals surface area contributed by atoms with Crippen molar-refractivity contribution in [2.45, 2.75) is 20.3 Å². The maximum absolute atomic E-state index is 6.07. The Hall–Kier alpha value is -0.320. The van der Waals surface area contributed by atoms with Gasteiger partial charge in [-0.1, -0.05) is 25.4 Å². The van der Waals surface area contributed by atoms with Gasteiger partial charge in [0.1, 0.15) is 5.82 Å². The lowest BCUT2D eigenvalue weighted by molar-refractivity contribution is 0.300. The molecule has 0 atom stereocenters. The number of hydrogen-bond acceptors (Lipinski definition) is 3. The van der Waals surface area contributed by atoms with E-state index in [1.54, 1.807) is 6.20 Å². The fraction of sp³-hybridized carbons (Fsp3) is 0.583. The van der Waals surface area contributed by atoms with Crippen LogP contribution in [0, 0.1) is 0 Å². The van der Waals surface area contributed by atoms with Gasteiger partial charge >= 0.3 is 0 Å². The minimum absolute atomic E-state index is 0.651. The average molecular weight is 321 g/mol. The minimum atomic E-state index is 0.651. The number of pyridine rings is 1. The molecule has 0 amide bonds. The molecule has 1 heterocycles. The highest BCUT2D eigenvalue weighted by molar-refractivity contribution is 9.10. The van der Waals surface area contributed by atoms with Crippen LogP contribution in [-0.2, 0) is 0 Å². The van der Waals surface area contributed by atoms with Crippen LogP contribution in [0.25, 0.3) is 0 Å². The zero-order valence-corrected chi connectivity index (χ0v) is 12.7. The van der Waals surface area contributed by atoms with E-state index < -0.39 is 0 Å². The maximum atomic E-state index is 6.07. The molecule has 96 valence electrons. The standard InChI is InChI=1S/C12H19BrClN3/c1-3-6-17(4-2)7-5-15-12-11(14)8-10(13)9-16-12/h8-9H,3-7H2,1-2H3,(H,15,16). The molecule has 0 radical (unpaired) electrons. The number of rotatable bonds is 7. The van der Waals surface area contributed by atoms with E-state index in [4.69, 9.17) is 11.6 Å². The van der Waals surface area contributed by atoms with Crippen LogP contribution in [0.1, 0.15) is 20.3 Å². The molecule has 0 saturated carbocycles. The van der Waals surface area contributed by atoms with Gasteiger partial charge < -0.3 is 10.2 Å². The van der Waals surface area contributed by atoms with Gasteiger partial charge in [0, 0.05) is 23.8 Å². The van der Waals surface area contributed by atoms with Crippen molar-refractivity contribution in [3.63, 3.8) is 0 Å². The van der Waals surface area contributed by atoms with Crippen LogP contribution < -0.4 is 5.32 Å². The number of nitrogens with zero attached hydrogens (tertiary/aromatic N) is 2. The van der Waals surface area contributed by atoms with E-state index in [-0.39, 0.29) is 0 Å². The molecule has 0 saturated heterocycles. The Bertz CT molecular complexity index is 347. The Labute approximate surface area is 117 Å². The van der Waals surface area contributed by atoms with E-state index in [0.717, 1.165) is 36.5 Å². The number of likely N-dealkylation sites (N-methyl/N-ethyl adjacent to an activating group) is 1. The molecule has 0 spiro atoms. The summed E-state index contributed by atoms with van der Waals surface area (Å²) in [5.41, 5.74) is 0. The van der Waals surface area contributed by atoms with Crippen LogP contribution in [0.15, 0.2) is 16.7 Å². The Morgan fingerprint density at radius 2 is 2.18 bits per heavy atom. The fourth-order valence-corrected chi connectivity index (χ4v) is 2.32. The summed E-state index contributed by atoms with van der Waals surface area (Å²) >= 11 is 9.41. The molecule has 1 aromatic heterocycles. The highest BCUT2D eigenvalue weighted by atomic mass is 79.9. The first-order valence-corrected chi connectivity index (χ1v) is 7.11. The summed E-state index contributed by atoms with van der Waals surface area (Å²) in [5.74, 6) is 0.752. The van der Waals surface area contributed by atoms with Gasteiger partial charge in [0.15, 0.2) is 0 Å². The molecule has 1 aromatic rings. The van der Waals surface area contributed by atoms with E-state index >= 15 is 0 Å². The lowest BCUT2D eigenvalue weighted by Crippen LogP contribution is -2.29. The maximum Gasteiger partial charge on any atom is 0.144 e. The van der Waals surface area contributed by atoms with Crippen molar-refractivity contribution in [1.29, 1.82) is 0 Å². The van der Waals surface area contributed by atoms with Crippen molar-refractivity contribution >= 4 is 33.3 Å². The van der Waals surface area contributed by atoms with Crippen LogP contribution in [0.5, 0.6) is 0 Å². The molecule has 1 N–H and O–H groups in total. The predicted molar refractivity (Wildman–Crippen MR) is 77.8 cm³/mol. The second kappa shape index (κ2) is 7.90. The summed E-state index contributed by atoms with van der Waals surface area (Å²) in [7, 11) is 0. The molecule has 17 heavy (non-hydrogen) atoms. The zero-order chi connectivity index (χ0) is 12.7. The third kappa shape index (κ3) is 5.23. The average Bonchev–Trinajstić information content (AvgIpc) is 2.30. The summed E-state index contributed by atoms with van der Waals surface area (Å²) in [6.07, 6.45) is 2.93. The summed E-state index contributed by atoms with van der Waals surface area (Å²) < 4.78 is 0.897. The molecule has 3 nitrogen and oxygen atoms in total. The van der Waals surface area contributed by atoms with Gasteiger partial charge in [0.2, 0.25) is 0 Å². The smallest absolute Gasteiger partial charge is 0.144 e. The number of aromatic nitrogens is 1.